The molecule has 2 atom stereocenters. The smallest absolute Gasteiger partial charge is 0.225 e. The Morgan fingerprint density at radius 3 is 2.71 bits per heavy atom. The van der Waals surface area contributed by atoms with Crippen LogP contribution in [0.25, 0.3) is 0 Å². The largest absolute Gasteiger partial charge is 0.342 e. The monoisotopic (exact) mass is 198 g/mol. The highest BCUT2D eigenvalue weighted by atomic mass is 16.2. The van der Waals surface area contributed by atoms with Gasteiger partial charge in [0.1, 0.15) is 0 Å². The van der Waals surface area contributed by atoms with Crippen molar-refractivity contribution in [2.24, 2.45) is 17.6 Å². The summed E-state index contributed by atoms with van der Waals surface area (Å²) in [5.41, 5.74) is 5.99. The Morgan fingerprint density at radius 1 is 1.57 bits per heavy atom. The van der Waals surface area contributed by atoms with Crippen LogP contribution in [0.1, 0.15) is 33.6 Å². The Hall–Kier alpha value is -0.570. The summed E-state index contributed by atoms with van der Waals surface area (Å²) in [5.74, 6) is 0.878. The van der Waals surface area contributed by atoms with Crippen LogP contribution in [0.2, 0.25) is 0 Å². The van der Waals surface area contributed by atoms with E-state index >= 15 is 0 Å². The average Bonchev–Trinajstić information content (AvgIpc) is 2.17. The summed E-state index contributed by atoms with van der Waals surface area (Å²) in [4.78, 5) is 13.7. The van der Waals surface area contributed by atoms with Crippen LogP contribution in [0.4, 0.5) is 0 Å². The normalized spacial score (nSPS) is 28.2. The third kappa shape index (κ3) is 2.47. The van der Waals surface area contributed by atoms with Crippen LogP contribution in [0.15, 0.2) is 0 Å². The molecular formula is C11H22N2O. The molecule has 1 aliphatic heterocycles. The van der Waals surface area contributed by atoms with Crippen LogP contribution in [-0.2, 0) is 4.79 Å². The Labute approximate surface area is 86.6 Å². The van der Waals surface area contributed by atoms with Gasteiger partial charge in [-0.25, -0.2) is 0 Å². The van der Waals surface area contributed by atoms with Crippen molar-refractivity contribution < 1.29 is 4.79 Å². The number of hydrogen-bond donors (Lipinski definition) is 1. The van der Waals surface area contributed by atoms with Crippen LogP contribution in [0.5, 0.6) is 0 Å². The first kappa shape index (κ1) is 11.5. The van der Waals surface area contributed by atoms with E-state index in [1.54, 1.807) is 0 Å². The van der Waals surface area contributed by atoms with Crippen molar-refractivity contribution in [2.75, 3.05) is 13.1 Å². The molecule has 0 aromatic heterocycles. The first-order chi connectivity index (χ1) is 6.56. The number of amides is 1. The molecule has 14 heavy (non-hydrogen) atoms. The minimum atomic E-state index is 0.113. The van der Waals surface area contributed by atoms with E-state index in [-0.39, 0.29) is 17.9 Å². The molecule has 3 nitrogen and oxygen atoms in total. The van der Waals surface area contributed by atoms with Gasteiger partial charge in [-0.3, -0.25) is 4.79 Å². The SMILES string of the molecule is CC[C@H]1CN(C(=O)C(C)C)CC[C@H]1N. The molecule has 1 aliphatic rings. The van der Waals surface area contributed by atoms with Gasteiger partial charge >= 0.3 is 0 Å². The molecule has 1 saturated heterocycles. The standard InChI is InChI=1S/C11H22N2O/c1-4-9-7-13(6-5-10(9)12)11(14)8(2)3/h8-10H,4-7,12H2,1-3H3/t9-,10+/m0/s1. The highest BCUT2D eigenvalue weighted by molar-refractivity contribution is 5.78. The van der Waals surface area contributed by atoms with Crippen molar-refractivity contribution in [3.63, 3.8) is 0 Å². The molecule has 1 heterocycles. The fourth-order valence-electron chi connectivity index (χ4n) is 2.05. The maximum absolute atomic E-state index is 11.8. The van der Waals surface area contributed by atoms with Gasteiger partial charge in [-0.05, 0) is 12.3 Å². The predicted octanol–water partition coefficient (Wildman–Crippen LogP) is 1.23. The van der Waals surface area contributed by atoms with Crippen LogP contribution >= 0.6 is 0 Å². The van der Waals surface area contributed by atoms with E-state index in [4.69, 9.17) is 5.73 Å². The number of hydrogen-bond acceptors (Lipinski definition) is 2. The van der Waals surface area contributed by atoms with Crippen molar-refractivity contribution >= 4 is 5.91 Å². The van der Waals surface area contributed by atoms with Crippen LogP contribution in [0.3, 0.4) is 0 Å². The lowest BCUT2D eigenvalue weighted by Crippen LogP contribution is -2.50. The maximum Gasteiger partial charge on any atom is 0.225 e. The molecule has 1 fully saturated rings. The maximum atomic E-state index is 11.8. The van der Waals surface area contributed by atoms with Gasteiger partial charge in [-0.2, -0.15) is 0 Å². The van der Waals surface area contributed by atoms with Gasteiger partial charge < -0.3 is 10.6 Å². The Morgan fingerprint density at radius 2 is 2.21 bits per heavy atom. The van der Waals surface area contributed by atoms with Gasteiger partial charge in [0, 0.05) is 25.0 Å². The zero-order valence-electron chi connectivity index (χ0n) is 9.49. The minimum Gasteiger partial charge on any atom is -0.342 e. The molecule has 0 aromatic carbocycles. The second-order valence-corrected chi connectivity index (χ2v) is 4.56. The Balaban J connectivity index is 2.54. The molecule has 0 unspecified atom stereocenters. The molecule has 0 bridgehead atoms. The lowest BCUT2D eigenvalue weighted by atomic mass is 9.90. The van der Waals surface area contributed by atoms with E-state index < -0.39 is 0 Å². The second kappa shape index (κ2) is 4.78. The van der Waals surface area contributed by atoms with Crippen molar-refractivity contribution in [1.82, 2.24) is 4.90 Å². The molecule has 3 heteroatoms. The number of carbonyl (C=O) groups is 1. The molecule has 82 valence electrons. The number of likely N-dealkylation sites (tertiary alicyclic amines) is 1. The molecule has 1 amide bonds. The Bertz CT molecular complexity index is 203. The van der Waals surface area contributed by atoms with Gasteiger partial charge in [0.2, 0.25) is 5.91 Å². The molecule has 0 spiro atoms. The molecule has 2 N–H and O–H groups in total. The van der Waals surface area contributed by atoms with Gasteiger partial charge in [-0.15, -0.1) is 0 Å². The van der Waals surface area contributed by atoms with Gasteiger partial charge in [0.15, 0.2) is 0 Å². The van der Waals surface area contributed by atoms with Crippen molar-refractivity contribution in [2.45, 2.75) is 39.7 Å². The third-order valence-electron chi connectivity index (χ3n) is 3.12. The molecule has 1 rings (SSSR count). The van der Waals surface area contributed by atoms with Gasteiger partial charge in [-0.1, -0.05) is 27.2 Å². The zero-order chi connectivity index (χ0) is 10.7. The van der Waals surface area contributed by atoms with Gasteiger partial charge in [0.05, 0.1) is 0 Å². The third-order valence-corrected chi connectivity index (χ3v) is 3.12. The van der Waals surface area contributed by atoms with E-state index in [0.717, 1.165) is 25.9 Å². The summed E-state index contributed by atoms with van der Waals surface area (Å²) in [5, 5.41) is 0. The molecular weight excluding hydrogens is 176 g/mol. The Kier molecular flexibility index (Phi) is 3.93. The number of piperidine rings is 1. The zero-order valence-corrected chi connectivity index (χ0v) is 9.49. The fourth-order valence-corrected chi connectivity index (χ4v) is 2.05. The van der Waals surface area contributed by atoms with Crippen LogP contribution in [-0.4, -0.2) is 29.9 Å². The summed E-state index contributed by atoms with van der Waals surface area (Å²) >= 11 is 0. The topological polar surface area (TPSA) is 46.3 Å². The number of carbonyl (C=O) groups excluding carboxylic acids is 1. The summed E-state index contributed by atoms with van der Waals surface area (Å²) in [6.45, 7) is 7.76. The van der Waals surface area contributed by atoms with Crippen molar-refractivity contribution in [1.29, 1.82) is 0 Å². The fraction of sp³-hybridized carbons (Fsp3) is 0.909. The van der Waals surface area contributed by atoms with Crippen LogP contribution < -0.4 is 5.73 Å². The highest BCUT2D eigenvalue weighted by Crippen LogP contribution is 2.19. The second-order valence-electron chi connectivity index (χ2n) is 4.56. The van der Waals surface area contributed by atoms with Crippen molar-refractivity contribution in [3.8, 4) is 0 Å². The summed E-state index contributed by atoms with van der Waals surface area (Å²) < 4.78 is 0. The van der Waals surface area contributed by atoms with E-state index in [9.17, 15) is 4.79 Å². The van der Waals surface area contributed by atoms with Gasteiger partial charge in [0.25, 0.3) is 0 Å². The first-order valence-corrected chi connectivity index (χ1v) is 5.60. The highest BCUT2D eigenvalue weighted by Gasteiger charge is 2.28. The lowest BCUT2D eigenvalue weighted by molar-refractivity contribution is -0.136. The number of rotatable bonds is 2. The molecule has 0 aliphatic carbocycles. The lowest BCUT2D eigenvalue weighted by Gasteiger charge is -2.37. The van der Waals surface area contributed by atoms with E-state index in [0.29, 0.717) is 5.92 Å². The van der Waals surface area contributed by atoms with E-state index in [1.165, 1.54) is 0 Å². The van der Waals surface area contributed by atoms with Crippen LogP contribution in [0, 0.1) is 11.8 Å². The molecule has 0 saturated carbocycles. The average molecular weight is 198 g/mol. The van der Waals surface area contributed by atoms with E-state index in [2.05, 4.69) is 6.92 Å². The minimum absolute atomic E-state index is 0.113. The first-order valence-electron chi connectivity index (χ1n) is 5.60. The molecule has 0 radical (unpaired) electrons. The van der Waals surface area contributed by atoms with E-state index in [1.807, 2.05) is 18.7 Å². The summed E-state index contributed by atoms with van der Waals surface area (Å²) in [6, 6.07) is 0.288. The predicted molar refractivity (Wildman–Crippen MR) is 57.8 cm³/mol. The molecule has 0 aromatic rings. The number of nitrogens with two attached hydrogens (primary N) is 1. The number of nitrogens with zero attached hydrogens (tertiary/aromatic N) is 1. The summed E-state index contributed by atoms with van der Waals surface area (Å²) in [7, 11) is 0. The van der Waals surface area contributed by atoms with Crippen molar-refractivity contribution in [3.05, 3.63) is 0 Å². The summed E-state index contributed by atoms with van der Waals surface area (Å²) in [6.07, 6.45) is 2.03. The quantitative estimate of drug-likeness (QED) is 0.725.